The van der Waals surface area contributed by atoms with Crippen molar-refractivity contribution in [2.45, 2.75) is 26.8 Å². The number of allylic oxidation sites excluding steroid dienone is 1. The molecule has 0 radical (unpaired) electrons. The van der Waals surface area contributed by atoms with Crippen molar-refractivity contribution in [1.29, 1.82) is 0 Å². The summed E-state index contributed by atoms with van der Waals surface area (Å²) in [6.45, 7) is 10.2. The molecule has 0 bridgehead atoms. The minimum Gasteiger partial charge on any atom is -0.339 e. The van der Waals surface area contributed by atoms with Crippen LogP contribution in [0.5, 0.6) is 0 Å². The first-order valence-electron chi connectivity index (χ1n) is 10.7. The molecule has 0 aliphatic carbocycles. The number of rotatable bonds is 5. The summed E-state index contributed by atoms with van der Waals surface area (Å²) < 4.78 is 0. The molecule has 1 atom stereocenters. The second-order valence-corrected chi connectivity index (χ2v) is 8.59. The number of nitrogens with zero attached hydrogens (tertiary/aromatic N) is 2. The van der Waals surface area contributed by atoms with E-state index in [0.717, 1.165) is 32.7 Å². The zero-order valence-electron chi connectivity index (χ0n) is 19.4. The summed E-state index contributed by atoms with van der Waals surface area (Å²) in [6.07, 6.45) is 3.87. The summed E-state index contributed by atoms with van der Waals surface area (Å²) in [4.78, 5) is 17.0. The van der Waals surface area contributed by atoms with Crippen LogP contribution < -0.4 is 5.32 Å². The molecule has 1 N–H and O–H groups in total. The number of likely N-dealkylation sites (N-methyl/N-ethyl adjacent to an activating group) is 1. The number of piperazine rings is 1. The van der Waals surface area contributed by atoms with Crippen molar-refractivity contribution in [3.05, 3.63) is 60.2 Å². The van der Waals surface area contributed by atoms with Crippen molar-refractivity contribution in [1.82, 2.24) is 15.1 Å². The van der Waals surface area contributed by atoms with Crippen molar-refractivity contribution in [2.75, 3.05) is 39.8 Å². The average Bonchev–Trinajstić information content (AvgIpc) is 2.75. The maximum Gasteiger partial charge on any atom is 0.240 e. The van der Waals surface area contributed by atoms with Crippen molar-refractivity contribution in [3.8, 4) is 11.8 Å². The van der Waals surface area contributed by atoms with E-state index in [1.807, 2.05) is 30.9 Å². The van der Waals surface area contributed by atoms with Crippen LogP contribution in [0.25, 0.3) is 10.8 Å². The van der Waals surface area contributed by atoms with Gasteiger partial charge in [-0.1, -0.05) is 60.4 Å². The second kappa shape index (κ2) is 12.9. The molecule has 1 amide bonds. The third-order valence-corrected chi connectivity index (χ3v) is 5.74. The largest absolute Gasteiger partial charge is 0.339 e. The molecule has 0 unspecified atom stereocenters. The van der Waals surface area contributed by atoms with Gasteiger partial charge < -0.3 is 15.1 Å². The molecule has 3 rings (SSSR count). The Labute approximate surface area is 205 Å². The second-order valence-electron chi connectivity index (χ2n) is 8.59. The van der Waals surface area contributed by atoms with Gasteiger partial charge in [0.1, 0.15) is 5.41 Å². The highest BCUT2D eigenvalue weighted by Gasteiger charge is 2.31. The lowest BCUT2D eigenvalue weighted by atomic mass is 9.92. The minimum atomic E-state index is -0.663. The van der Waals surface area contributed by atoms with Crippen LogP contribution in [-0.4, -0.2) is 55.5 Å². The van der Waals surface area contributed by atoms with Gasteiger partial charge >= 0.3 is 0 Å². The first-order valence-corrected chi connectivity index (χ1v) is 10.7. The quantitative estimate of drug-likeness (QED) is 0.636. The summed E-state index contributed by atoms with van der Waals surface area (Å²) in [6, 6.07) is 15.1. The number of nitrogens with one attached hydrogen (secondary N) is 1. The normalized spacial score (nSPS) is 15.4. The SMILES string of the molecule is C[C@@H](NCC=CC#CC(C)(C)C(=O)N1CCN(C)CC1)c1cccc2ccccc12.Cl.Cl. The number of halogens is 2. The number of carbonyl (C=O) groups is 1. The van der Waals surface area contributed by atoms with E-state index in [9.17, 15) is 4.79 Å². The molecule has 1 heterocycles. The van der Waals surface area contributed by atoms with Gasteiger partial charge in [-0.15, -0.1) is 24.8 Å². The highest BCUT2D eigenvalue weighted by atomic mass is 35.5. The fraction of sp³-hybridized carbons (Fsp3) is 0.423. The fourth-order valence-corrected chi connectivity index (χ4v) is 3.78. The monoisotopic (exact) mass is 475 g/mol. The molecule has 4 nitrogen and oxygen atoms in total. The van der Waals surface area contributed by atoms with Crippen molar-refractivity contribution >= 4 is 41.5 Å². The predicted octanol–water partition coefficient (Wildman–Crippen LogP) is 4.69. The van der Waals surface area contributed by atoms with Crippen LogP contribution in [0.2, 0.25) is 0 Å². The van der Waals surface area contributed by atoms with Crippen LogP contribution in [0.1, 0.15) is 32.4 Å². The number of hydrogen-bond donors (Lipinski definition) is 1. The first-order chi connectivity index (χ1) is 14.4. The first kappa shape index (κ1) is 28.0. The molecule has 32 heavy (non-hydrogen) atoms. The van der Waals surface area contributed by atoms with Gasteiger partial charge in [0.05, 0.1) is 0 Å². The van der Waals surface area contributed by atoms with Crippen LogP contribution in [0.15, 0.2) is 54.6 Å². The van der Waals surface area contributed by atoms with Crippen molar-refractivity contribution < 1.29 is 4.79 Å². The average molecular weight is 476 g/mol. The van der Waals surface area contributed by atoms with Crippen LogP contribution >= 0.6 is 24.8 Å². The summed E-state index contributed by atoms with van der Waals surface area (Å²) in [7, 11) is 2.09. The highest BCUT2D eigenvalue weighted by molar-refractivity contribution is 5.86. The minimum absolute atomic E-state index is 0. The zero-order chi connectivity index (χ0) is 21.6. The van der Waals surface area contributed by atoms with Crippen LogP contribution in [0, 0.1) is 17.3 Å². The maximum absolute atomic E-state index is 12.8. The molecule has 1 aliphatic heterocycles. The molecule has 1 saturated heterocycles. The summed E-state index contributed by atoms with van der Waals surface area (Å²) >= 11 is 0. The summed E-state index contributed by atoms with van der Waals surface area (Å²) in [5.41, 5.74) is 0.635. The molecule has 1 aliphatic rings. The lowest BCUT2D eigenvalue weighted by Crippen LogP contribution is -2.50. The Balaban J connectivity index is 0.00000256. The number of benzene rings is 2. The molecular weight excluding hydrogens is 441 g/mol. The van der Waals surface area contributed by atoms with Crippen LogP contribution in [0.4, 0.5) is 0 Å². The Kier molecular flexibility index (Phi) is 11.3. The maximum atomic E-state index is 12.8. The van der Waals surface area contributed by atoms with Gasteiger partial charge in [-0.2, -0.15) is 0 Å². The van der Waals surface area contributed by atoms with Gasteiger partial charge in [-0.25, -0.2) is 0 Å². The summed E-state index contributed by atoms with van der Waals surface area (Å²) in [5, 5.41) is 6.08. The predicted molar refractivity (Wildman–Crippen MR) is 140 cm³/mol. The van der Waals surface area contributed by atoms with Gasteiger partial charge in [0, 0.05) is 38.8 Å². The van der Waals surface area contributed by atoms with E-state index in [2.05, 4.69) is 78.5 Å². The molecule has 6 heteroatoms. The van der Waals surface area contributed by atoms with Crippen molar-refractivity contribution in [3.63, 3.8) is 0 Å². The highest BCUT2D eigenvalue weighted by Crippen LogP contribution is 2.24. The van der Waals surface area contributed by atoms with E-state index < -0.39 is 5.41 Å². The molecule has 2 aromatic carbocycles. The zero-order valence-corrected chi connectivity index (χ0v) is 21.1. The number of hydrogen-bond acceptors (Lipinski definition) is 3. The number of carbonyl (C=O) groups excluding carboxylic acids is 1. The van der Waals surface area contributed by atoms with E-state index >= 15 is 0 Å². The Morgan fingerprint density at radius 3 is 2.47 bits per heavy atom. The molecule has 0 aromatic heterocycles. The van der Waals surface area contributed by atoms with E-state index in [4.69, 9.17) is 0 Å². The van der Waals surface area contributed by atoms with Gasteiger partial charge in [0.2, 0.25) is 5.91 Å². The lowest BCUT2D eigenvalue weighted by Gasteiger charge is -2.35. The third kappa shape index (κ3) is 7.25. The van der Waals surface area contributed by atoms with E-state index in [0.29, 0.717) is 0 Å². The Morgan fingerprint density at radius 1 is 1.09 bits per heavy atom. The smallest absolute Gasteiger partial charge is 0.240 e. The Bertz CT molecular complexity index is 964. The molecule has 2 aromatic rings. The molecule has 1 fully saturated rings. The van der Waals surface area contributed by atoms with E-state index in [1.165, 1.54) is 16.3 Å². The van der Waals surface area contributed by atoms with E-state index in [-0.39, 0.29) is 36.8 Å². The van der Waals surface area contributed by atoms with Crippen LogP contribution in [-0.2, 0) is 4.79 Å². The van der Waals surface area contributed by atoms with Gasteiger partial charge in [-0.3, -0.25) is 4.79 Å². The third-order valence-electron chi connectivity index (χ3n) is 5.74. The number of amides is 1. The molecular formula is C26H35Cl2N3O. The van der Waals surface area contributed by atoms with Gasteiger partial charge in [0.25, 0.3) is 0 Å². The Hall–Kier alpha value is -2.03. The fourth-order valence-electron chi connectivity index (χ4n) is 3.78. The van der Waals surface area contributed by atoms with Crippen molar-refractivity contribution in [2.24, 2.45) is 5.41 Å². The topological polar surface area (TPSA) is 35.6 Å². The van der Waals surface area contributed by atoms with Crippen LogP contribution in [0.3, 0.4) is 0 Å². The summed E-state index contributed by atoms with van der Waals surface area (Å²) in [5.74, 6) is 6.34. The van der Waals surface area contributed by atoms with Gasteiger partial charge in [0.15, 0.2) is 0 Å². The molecule has 174 valence electrons. The van der Waals surface area contributed by atoms with Gasteiger partial charge in [-0.05, 0) is 50.2 Å². The molecule has 0 saturated carbocycles. The lowest BCUT2D eigenvalue weighted by molar-refractivity contribution is -0.139. The standard InChI is InChI=1S/C26H33N3O.2ClH/c1-21(23-14-10-12-22-11-6-7-13-24(22)23)27-16-9-5-8-15-26(2,3)25(30)29-19-17-28(4)18-20-29;;/h5-7,9-14,21,27H,16-20H2,1-4H3;2*1H/t21-;;/m1../s1. The van der Waals surface area contributed by atoms with E-state index in [1.54, 1.807) is 0 Å². The Morgan fingerprint density at radius 2 is 1.75 bits per heavy atom. The number of fused-ring (bicyclic) bond motifs is 1. The molecule has 0 spiro atoms.